The molecule has 2 atom stereocenters. The van der Waals surface area contributed by atoms with E-state index < -0.39 is 0 Å². The first-order valence-electron chi connectivity index (χ1n) is 9.51. The third-order valence-electron chi connectivity index (χ3n) is 5.54. The number of amides is 2. The second-order valence-electron chi connectivity index (χ2n) is 7.25. The van der Waals surface area contributed by atoms with Gasteiger partial charge in [-0.15, -0.1) is 24.2 Å². The maximum atomic E-state index is 13.3. The van der Waals surface area contributed by atoms with Crippen LogP contribution in [0.1, 0.15) is 18.3 Å². The van der Waals surface area contributed by atoms with Gasteiger partial charge in [0.25, 0.3) is 0 Å². The van der Waals surface area contributed by atoms with Crippen LogP contribution in [0.4, 0.5) is 5.69 Å². The van der Waals surface area contributed by atoms with Crippen LogP contribution in [0.2, 0.25) is 0 Å². The highest BCUT2D eigenvalue weighted by atomic mass is 35.5. The zero-order valence-electron chi connectivity index (χ0n) is 16.6. The summed E-state index contributed by atoms with van der Waals surface area (Å²) in [5.74, 6) is 0.619. The molecule has 156 valence electrons. The number of hydrogen-bond acceptors (Lipinski definition) is 5. The Morgan fingerprint density at radius 2 is 2.03 bits per heavy atom. The fourth-order valence-electron chi connectivity index (χ4n) is 4.02. The fraction of sp³-hybridized carbons (Fsp3) is 0.450. The highest BCUT2D eigenvalue weighted by molar-refractivity contribution is 7.98. The van der Waals surface area contributed by atoms with E-state index in [2.05, 4.69) is 10.3 Å². The summed E-state index contributed by atoms with van der Waals surface area (Å²) in [5, 5.41) is 3.35. The van der Waals surface area contributed by atoms with Gasteiger partial charge in [-0.05, 0) is 30.5 Å². The predicted octanol–water partition coefficient (Wildman–Crippen LogP) is 2.09. The molecule has 0 spiro atoms. The Morgan fingerprint density at radius 1 is 1.28 bits per heavy atom. The molecule has 2 unspecified atom stereocenters. The van der Waals surface area contributed by atoms with Crippen LogP contribution < -0.4 is 10.2 Å². The van der Waals surface area contributed by atoms with Crippen LogP contribution in [-0.4, -0.2) is 58.7 Å². The molecule has 2 aliphatic rings. The largest absolute Gasteiger partial charge is 0.336 e. The van der Waals surface area contributed by atoms with Crippen molar-refractivity contribution in [1.29, 1.82) is 0 Å². The number of thioether (sulfide) groups is 1. The van der Waals surface area contributed by atoms with Gasteiger partial charge in [-0.1, -0.05) is 0 Å². The van der Waals surface area contributed by atoms with Crippen molar-refractivity contribution in [2.45, 2.75) is 17.4 Å². The van der Waals surface area contributed by atoms with Gasteiger partial charge in [-0.25, -0.2) is 4.98 Å². The molecule has 0 aliphatic carbocycles. The lowest BCUT2D eigenvalue weighted by Crippen LogP contribution is -2.51. The zero-order valence-corrected chi connectivity index (χ0v) is 18.2. The predicted molar refractivity (Wildman–Crippen MR) is 116 cm³/mol. The summed E-state index contributed by atoms with van der Waals surface area (Å²) in [6.07, 6.45) is 5.94. The molecule has 2 fully saturated rings. The number of nitrogens with zero attached hydrogens (tertiary/aromatic N) is 4. The Morgan fingerprint density at radius 3 is 2.69 bits per heavy atom. The van der Waals surface area contributed by atoms with Crippen LogP contribution >= 0.6 is 24.2 Å². The molecule has 3 heterocycles. The molecule has 29 heavy (non-hydrogen) atoms. The number of hydrogen-bond donors (Lipinski definition) is 1. The molecule has 9 heteroatoms. The van der Waals surface area contributed by atoms with Gasteiger partial charge in [-0.3, -0.25) is 9.59 Å². The van der Waals surface area contributed by atoms with E-state index in [1.165, 1.54) is 0 Å². The Hall–Kier alpha value is -2.03. The third-order valence-corrected chi connectivity index (χ3v) is 6.28. The molecule has 4 rings (SSSR count). The summed E-state index contributed by atoms with van der Waals surface area (Å²) < 4.78 is 1.96. The van der Waals surface area contributed by atoms with Gasteiger partial charge in [0, 0.05) is 62.6 Å². The summed E-state index contributed by atoms with van der Waals surface area (Å²) >= 11 is 1.67. The lowest BCUT2D eigenvalue weighted by molar-refractivity contribution is -0.139. The lowest BCUT2D eigenvalue weighted by Gasteiger charge is -2.37. The number of nitrogens with one attached hydrogen (secondary N) is 1. The smallest absolute Gasteiger partial charge is 0.228 e. The number of carbonyl (C=O) groups excluding carboxylic acids is 2. The molecule has 1 N–H and O–H groups in total. The van der Waals surface area contributed by atoms with Crippen LogP contribution in [0, 0.1) is 5.92 Å². The maximum absolute atomic E-state index is 13.3. The van der Waals surface area contributed by atoms with Crippen molar-refractivity contribution >= 4 is 41.7 Å². The third kappa shape index (κ3) is 4.29. The molecule has 0 bridgehead atoms. The average molecular weight is 436 g/mol. The molecule has 0 saturated carbocycles. The van der Waals surface area contributed by atoms with E-state index in [9.17, 15) is 9.59 Å². The van der Waals surface area contributed by atoms with E-state index in [1.807, 2.05) is 53.2 Å². The van der Waals surface area contributed by atoms with E-state index in [-0.39, 0.29) is 42.6 Å². The number of imidazole rings is 1. The highest BCUT2D eigenvalue weighted by Gasteiger charge is 2.40. The van der Waals surface area contributed by atoms with E-state index in [4.69, 9.17) is 0 Å². The second-order valence-corrected chi connectivity index (χ2v) is 8.13. The Bertz CT molecular complexity index is 872. The summed E-state index contributed by atoms with van der Waals surface area (Å²) in [4.78, 5) is 35.2. The molecule has 0 radical (unpaired) electrons. The Labute approximate surface area is 181 Å². The summed E-state index contributed by atoms with van der Waals surface area (Å²) in [7, 11) is 1.94. The summed E-state index contributed by atoms with van der Waals surface area (Å²) in [5.41, 5.74) is 0.860. The first-order valence-corrected chi connectivity index (χ1v) is 10.7. The van der Waals surface area contributed by atoms with Gasteiger partial charge in [0.05, 0.1) is 5.92 Å². The number of piperazine rings is 1. The van der Waals surface area contributed by atoms with Crippen molar-refractivity contribution in [3.63, 3.8) is 0 Å². The Balaban J connectivity index is 0.00000240. The normalized spacial score (nSPS) is 21.9. The molecular weight excluding hydrogens is 410 g/mol. The van der Waals surface area contributed by atoms with Crippen LogP contribution in [0.5, 0.6) is 0 Å². The topological polar surface area (TPSA) is 70.5 Å². The fourth-order valence-corrected chi connectivity index (χ4v) is 4.42. The van der Waals surface area contributed by atoms with Crippen molar-refractivity contribution in [3.8, 4) is 0 Å². The highest BCUT2D eigenvalue weighted by Crippen LogP contribution is 2.30. The second kappa shape index (κ2) is 9.19. The number of halogens is 1. The van der Waals surface area contributed by atoms with Crippen LogP contribution in [0.15, 0.2) is 41.6 Å². The van der Waals surface area contributed by atoms with Crippen molar-refractivity contribution in [3.05, 3.63) is 42.5 Å². The number of anilines is 1. The van der Waals surface area contributed by atoms with Gasteiger partial charge in [0.1, 0.15) is 11.9 Å². The first kappa shape index (κ1) is 21.7. The minimum atomic E-state index is -0.311. The number of aryl methyl sites for hydroxylation is 1. The Kier molecular flexibility index (Phi) is 6.87. The van der Waals surface area contributed by atoms with E-state index in [0.717, 1.165) is 23.0 Å². The van der Waals surface area contributed by atoms with E-state index in [1.54, 1.807) is 22.9 Å². The number of carbonyl (C=O) groups is 2. The van der Waals surface area contributed by atoms with Gasteiger partial charge >= 0.3 is 0 Å². The standard InChI is InChI=1S/C20H25N5O2S.ClH/c1-23-9-8-22-19(23)17-12-21-7-10-24(17)20(27)14-11-18(26)25(13-14)15-3-5-16(28-2)6-4-15;/h3-6,8-9,14,17,21H,7,10-13H2,1-2H3;1H. The SMILES string of the molecule is CSc1ccc(N2CC(C(=O)N3CCNCC3c3nccn3C)CC2=O)cc1.Cl. The van der Waals surface area contributed by atoms with Crippen LogP contribution in [0.25, 0.3) is 0 Å². The molecule has 2 aliphatic heterocycles. The number of rotatable bonds is 4. The van der Waals surface area contributed by atoms with E-state index in [0.29, 0.717) is 19.6 Å². The van der Waals surface area contributed by atoms with Crippen LogP contribution in [0.3, 0.4) is 0 Å². The zero-order chi connectivity index (χ0) is 19.7. The van der Waals surface area contributed by atoms with Gasteiger partial charge in [-0.2, -0.15) is 0 Å². The number of benzene rings is 1. The maximum Gasteiger partial charge on any atom is 0.228 e. The van der Waals surface area contributed by atoms with Gasteiger partial charge < -0.3 is 19.7 Å². The summed E-state index contributed by atoms with van der Waals surface area (Å²) in [6.45, 7) is 2.50. The van der Waals surface area contributed by atoms with Gasteiger partial charge in [0.2, 0.25) is 11.8 Å². The van der Waals surface area contributed by atoms with Crippen molar-refractivity contribution < 1.29 is 9.59 Å². The summed E-state index contributed by atoms with van der Waals surface area (Å²) in [6, 6.07) is 7.83. The molecule has 1 aromatic heterocycles. The molecule has 2 saturated heterocycles. The molecule has 2 amide bonds. The molecular formula is C20H26ClN5O2S. The first-order chi connectivity index (χ1) is 13.6. The lowest BCUT2D eigenvalue weighted by atomic mass is 10.0. The van der Waals surface area contributed by atoms with Crippen molar-refractivity contribution in [1.82, 2.24) is 19.8 Å². The minimum Gasteiger partial charge on any atom is -0.336 e. The van der Waals surface area contributed by atoms with E-state index >= 15 is 0 Å². The average Bonchev–Trinajstić information content (AvgIpc) is 3.33. The van der Waals surface area contributed by atoms with Crippen LogP contribution in [-0.2, 0) is 16.6 Å². The number of aromatic nitrogens is 2. The van der Waals surface area contributed by atoms with Crippen molar-refractivity contribution in [2.24, 2.45) is 13.0 Å². The quantitative estimate of drug-likeness (QED) is 0.744. The minimum absolute atomic E-state index is 0. The molecule has 1 aromatic carbocycles. The molecule has 2 aromatic rings. The van der Waals surface area contributed by atoms with Crippen molar-refractivity contribution in [2.75, 3.05) is 37.3 Å². The van der Waals surface area contributed by atoms with Gasteiger partial charge in [0.15, 0.2) is 0 Å². The molecule has 7 nitrogen and oxygen atoms in total. The monoisotopic (exact) mass is 435 g/mol.